The van der Waals surface area contributed by atoms with Gasteiger partial charge >= 0.3 is 5.97 Å². The molecule has 0 saturated heterocycles. The monoisotopic (exact) mass is 368 g/mol. The Morgan fingerprint density at radius 1 is 1.15 bits per heavy atom. The van der Waals surface area contributed by atoms with E-state index in [0.29, 0.717) is 32.1 Å². The van der Waals surface area contributed by atoms with Crippen molar-refractivity contribution in [3.63, 3.8) is 0 Å². The van der Waals surface area contributed by atoms with Crippen molar-refractivity contribution in [1.29, 1.82) is 0 Å². The van der Waals surface area contributed by atoms with Crippen LogP contribution < -0.4 is 0 Å². The van der Waals surface area contributed by atoms with E-state index < -0.39 is 45.9 Å². The lowest BCUT2D eigenvalue weighted by Gasteiger charge is -2.66. The van der Waals surface area contributed by atoms with Gasteiger partial charge in [0.2, 0.25) is 0 Å². The maximum absolute atomic E-state index is 12.1. The van der Waals surface area contributed by atoms with E-state index in [1.807, 2.05) is 0 Å². The number of aliphatic hydroxyl groups excluding tert-OH is 3. The molecule has 2 bridgehead atoms. The Bertz CT molecular complexity index is 623. The van der Waals surface area contributed by atoms with Gasteiger partial charge < -0.3 is 25.5 Å². The zero-order valence-corrected chi connectivity index (χ0v) is 15.7. The van der Waals surface area contributed by atoms with E-state index >= 15 is 0 Å². The number of hydrogen-bond acceptors (Lipinski definition) is 5. The summed E-state index contributed by atoms with van der Waals surface area (Å²) < 4.78 is 0. The molecule has 0 aliphatic heterocycles. The predicted molar refractivity (Wildman–Crippen MR) is 93.1 cm³/mol. The van der Waals surface area contributed by atoms with Gasteiger partial charge in [-0.15, -0.1) is 0 Å². The largest absolute Gasteiger partial charge is 0.481 e. The molecular weight excluding hydrogens is 336 g/mol. The predicted octanol–water partition coefficient (Wildman–Crippen LogP) is 1.15. The molecule has 0 heterocycles. The van der Waals surface area contributed by atoms with Crippen LogP contribution in [0.1, 0.15) is 58.8 Å². The van der Waals surface area contributed by atoms with Crippen LogP contribution in [0, 0.1) is 34.0 Å². The third kappa shape index (κ3) is 1.99. The SMILES string of the molecule is C[C@@]12CCC[C@@](C)(C(=O)O)[C@H]1[C@H](O)[C@H](O)[C@]13C[C@@H](CO)[C@](O)(CC[C@@H]21)C3. The van der Waals surface area contributed by atoms with Crippen molar-refractivity contribution in [3.05, 3.63) is 0 Å². The maximum atomic E-state index is 12.1. The summed E-state index contributed by atoms with van der Waals surface area (Å²) in [5, 5.41) is 53.1. The Morgan fingerprint density at radius 2 is 1.85 bits per heavy atom. The highest BCUT2D eigenvalue weighted by Gasteiger charge is 2.74. The smallest absolute Gasteiger partial charge is 0.309 e. The average Bonchev–Trinajstić information content (AvgIpc) is 2.79. The van der Waals surface area contributed by atoms with Crippen molar-refractivity contribution in [2.45, 2.75) is 76.6 Å². The molecule has 4 aliphatic rings. The molecule has 0 aromatic carbocycles. The van der Waals surface area contributed by atoms with Gasteiger partial charge in [-0.2, -0.15) is 0 Å². The Hall–Kier alpha value is -0.690. The Balaban J connectivity index is 1.83. The summed E-state index contributed by atoms with van der Waals surface area (Å²) in [4.78, 5) is 12.1. The van der Waals surface area contributed by atoms with Gasteiger partial charge in [0.05, 0.1) is 23.2 Å². The normalized spacial score (nSPS) is 58.8. The standard InChI is InChI=1S/C20H32O6/c1-17-5-3-6-18(2,16(24)25)14(17)13(22)15(23)19-8-11(9-21)20(26,10-19)7-4-12(17)19/h11-15,21-23,26H,3-10H2,1-2H3,(H,24,25)/t11-,12-,13-,14-,15-,17-,18+,19-,20-/m0/s1. The van der Waals surface area contributed by atoms with Crippen LogP contribution in [0.15, 0.2) is 0 Å². The molecule has 4 fully saturated rings. The summed E-state index contributed by atoms with van der Waals surface area (Å²) in [5.41, 5.74) is -3.07. The first kappa shape index (κ1) is 18.7. The third-order valence-electron chi connectivity index (χ3n) is 9.15. The fourth-order valence-corrected chi connectivity index (χ4v) is 8.12. The molecule has 4 saturated carbocycles. The van der Waals surface area contributed by atoms with Crippen molar-refractivity contribution in [2.24, 2.45) is 34.0 Å². The highest BCUT2D eigenvalue weighted by Crippen LogP contribution is 2.72. The zero-order valence-electron chi connectivity index (χ0n) is 15.7. The van der Waals surface area contributed by atoms with E-state index in [1.165, 1.54) is 0 Å². The number of aliphatic carboxylic acids is 1. The Kier molecular flexibility index (Phi) is 3.90. The van der Waals surface area contributed by atoms with Crippen LogP contribution in [0.25, 0.3) is 0 Å². The summed E-state index contributed by atoms with van der Waals surface area (Å²) in [6, 6.07) is 0. The van der Waals surface area contributed by atoms with Crippen LogP contribution in [0.4, 0.5) is 0 Å². The number of hydrogen-bond donors (Lipinski definition) is 5. The number of aliphatic hydroxyl groups is 4. The quantitative estimate of drug-likeness (QED) is 0.499. The highest BCUT2D eigenvalue weighted by atomic mass is 16.4. The molecule has 0 unspecified atom stereocenters. The van der Waals surface area contributed by atoms with E-state index in [1.54, 1.807) is 6.92 Å². The molecule has 4 aliphatic carbocycles. The maximum Gasteiger partial charge on any atom is 0.309 e. The lowest BCUT2D eigenvalue weighted by Crippen LogP contribution is -2.69. The molecule has 4 rings (SSSR count). The Morgan fingerprint density at radius 3 is 2.46 bits per heavy atom. The molecule has 148 valence electrons. The van der Waals surface area contributed by atoms with E-state index in [9.17, 15) is 30.3 Å². The van der Waals surface area contributed by atoms with Crippen molar-refractivity contribution in [3.8, 4) is 0 Å². The lowest BCUT2D eigenvalue weighted by atomic mass is 9.39. The van der Waals surface area contributed by atoms with E-state index in [2.05, 4.69) is 6.92 Å². The van der Waals surface area contributed by atoms with E-state index in [4.69, 9.17) is 0 Å². The van der Waals surface area contributed by atoms with Crippen LogP contribution in [-0.2, 0) is 4.79 Å². The van der Waals surface area contributed by atoms with Gasteiger partial charge in [0.1, 0.15) is 0 Å². The summed E-state index contributed by atoms with van der Waals surface area (Å²) in [6.07, 6.45) is 2.10. The zero-order chi connectivity index (χ0) is 19.1. The second kappa shape index (κ2) is 5.43. The topological polar surface area (TPSA) is 118 Å². The molecule has 0 amide bonds. The molecular formula is C20H32O6. The second-order valence-electron chi connectivity index (χ2n) is 10.2. The molecule has 0 aromatic rings. The molecule has 6 heteroatoms. The first-order valence-electron chi connectivity index (χ1n) is 9.98. The van der Waals surface area contributed by atoms with Gasteiger partial charge in [0.15, 0.2) is 0 Å². The minimum atomic E-state index is -1.13. The first-order chi connectivity index (χ1) is 12.0. The summed E-state index contributed by atoms with van der Waals surface area (Å²) in [6.45, 7) is 3.69. The van der Waals surface area contributed by atoms with Crippen LogP contribution in [0.5, 0.6) is 0 Å². The lowest BCUT2D eigenvalue weighted by molar-refractivity contribution is -0.260. The molecule has 26 heavy (non-hydrogen) atoms. The summed E-state index contributed by atoms with van der Waals surface area (Å²) in [5.74, 6) is -1.65. The van der Waals surface area contributed by atoms with Crippen LogP contribution in [0.3, 0.4) is 0 Å². The van der Waals surface area contributed by atoms with E-state index in [-0.39, 0.29) is 18.4 Å². The first-order valence-corrected chi connectivity index (χ1v) is 9.98. The van der Waals surface area contributed by atoms with Gasteiger partial charge in [0.25, 0.3) is 0 Å². The van der Waals surface area contributed by atoms with Gasteiger partial charge in [-0.3, -0.25) is 4.79 Å². The highest BCUT2D eigenvalue weighted by molar-refractivity contribution is 5.75. The fourth-order valence-electron chi connectivity index (χ4n) is 8.12. The van der Waals surface area contributed by atoms with Crippen LogP contribution in [0.2, 0.25) is 0 Å². The van der Waals surface area contributed by atoms with Crippen LogP contribution in [-0.4, -0.2) is 55.9 Å². The van der Waals surface area contributed by atoms with Gasteiger partial charge in [-0.1, -0.05) is 13.3 Å². The van der Waals surface area contributed by atoms with Crippen molar-refractivity contribution >= 4 is 5.97 Å². The number of rotatable bonds is 2. The van der Waals surface area contributed by atoms with Gasteiger partial charge in [-0.25, -0.2) is 0 Å². The third-order valence-corrected chi connectivity index (χ3v) is 9.15. The average molecular weight is 368 g/mol. The molecule has 6 nitrogen and oxygen atoms in total. The minimum Gasteiger partial charge on any atom is -0.481 e. The minimum absolute atomic E-state index is 0.0502. The molecule has 5 N–H and O–H groups in total. The number of carbonyl (C=O) groups is 1. The molecule has 1 spiro atoms. The van der Waals surface area contributed by atoms with Crippen LogP contribution >= 0.6 is 0 Å². The number of carboxylic acid groups (broad SMARTS) is 1. The summed E-state index contributed by atoms with van der Waals surface area (Å²) >= 11 is 0. The number of fused-ring (bicyclic) bond motifs is 3. The Labute approximate surface area is 154 Å². The van der Waals surface area contributed by atoms with E-state index in [0.717, 1.165) is 12.8 Å². The number of carboxylic acids is 1. The van der Waals surface area contributed by atoms with Crippen molar-refractivity contribution in [2.75, 3.05) is 6.61 Å². The fraction of sp³-hybridized carbons (Fsp3) is 0.950. The molecule has 0 aromatic heterocycles. The van der Waals surface area contributed by atoms with Gasteiger partial charge in [0, 0.05) is 23.9 Å². The summed E-state index contributed by atoms with van der Waals surface area (Å²) in [7, 11) is 0. The van der Waals surface area contributed by atoms with Crippen molar-refractivity contribution < 1.29 is 30.3 Å². The van der Waals surface area contributed by atoms with Gasteiger partial charge in [-0.05, 0) is 56.8 Å². The second-order valence-corrected chi connectivity index (χ2v) is 10.2. The molecule has 0 radical (unpaired) electrons. The molecule has 9 atom stereocenters. The van der Waals surface area contributed by atoms with Crippen molar-refractivity contribution in [1.82, 2.24) is 0 Å².